The molecule has 2 aromatic rings. The quantitative estimate of drug-likeness (QED) is 0.477. The van der Waals surface area contributed by atoms with Crippen molar-refractivity contribution in [3.63, 3.8) is 0 Å². The number of aryl methyl sites for hydroxylation is 1. The largest absolute Gasteiger partial charge is 0.497 e. The fourth-order valence-corrected chi connectivity index (χ4v) is 4.39. The van der Waals surface area contributed by atoms with Crippen LogP contribution in [0.5, 0.6) is 11.5 Å². The topological polar surface area (TPSA) is 93.2 Å². The number of methoxy groups -OCH3 is 1. The Kier molecular flexibility index (Phi) is 8.92. The lowest BCUT2D eigenvalue weighted by Crippen LogP contribution is -2.50. The van der Waals surface area contributed by atoms with Crippen LogP contribution in [0.2, 0.25) is 0 Å². The van der Waals surface area contributed by atoms with Gasteiger partial charge in [-0.1, -0.05) is 12.1 Å². The third-order valence-electron chi connectivity index (χ3n) is 5.83. The Bertz CT molecular complexity index is 1060. The SMILES string of the molecule is COc1ccc(CCC(=O)N2CCN(C(=O)CCCOc3ccc(S(C)(=O)=O)cc3)CC2)cc1. The molecule has 1 aliphatic heterocycles. The van der Waals surface area contributed by atoms with E-state index in [0.29, 0.717) is 64.2 Å². The fraction of sp³-hybridized carbons (Fsp3) is 0.440. The average Bonchev–Trinajstić information content (AvgIpc) is 2.85. The van der Waals surface area contributed by atoms with Crippen LogP contribution in [0, 0.1) is 0 Å². The van der Waals surface area contributed by atoms with Crippen LogP contribution >= 0.6 is 0 Å². The molecule has 1 heterocycles. The summed E-state index contributed by atoms with van der Waals surface area (Å²) < 4.78 is 33.7. The molecule has 2 aromatic carbocycles. The molecule has 0 aliphatic carbocycles. The number of nitrogens with zero attached hydrogens (tertiary/aromatic N) is 2. The number of hydrogen-bond donors (Lipinski definition) is 0. The van der Waals surface area contributed by atoms with E-state index in [1.807, 2.05) is 29.2 Å². The fourth-order valence-electron chi connectivity index (χ4n) is 3.76. The molecule has 0 radical (unpaired) electrons. The van der Waals surface area contributed by atoms with E-state index in [2.05, 4.69) is 0 Å². The van der Waals surface area contributed by atoms with Crippen molar-refractivity contribution in [2.45, 2.75) is 30.6 Å². The van der Waals surface area contributed by atoms with Gasteiger partial charge < -0.3 is 19.3 Å². The Morgan fingerprint density at radius 3 is 1.88 bits per heavy atom. The van der Waals surface area contributed by atoms with Crippen molar-refractivity contribution >= 4 is 21.7 Å². The second-order valence-corrected chi connectivity index (χ2v) is 10.3. The van der Waals surface area contributed by atoms with Crippen molar-refractivity contribution in [1.82, 2.24) is 9.80 Å². The van der Waals surface area contributed by atoms with Crippen molar-refractivity contribution in [3.05, 3.63) is 54.1 Å². The summed E-state index contributed by atoms with van der Waals surface area (Å²) in [7, 11) is -1.61. The van der Waals surface area contributed by atoms with Gasteiger partial charge in [0.05, 0.1) is 18.6 Å². The zero-order chi connectivity index (χ0) is 24.6. The van der Waals surface area contributed by atoms with Gasteiger partial charge in [0.1, 0.15) is 11.5 Å². The van der Waals surface area contributed by atoms with Gasteiger partial charge in [0, 0.05) is 45.3 Å². The number of sulfone groups is 1. The monoisotopic (exact) mass is 488 g/mol. The first kappa shape index (κ1) is 25.6. The van der Waals surface area contributed by atoms with Crippen molar-refractivity contribution in [1.29, 1.82) is 0 Å². The Morgan fingerprint density at radius 2 is 1.35 bits per heavy atom. The molecule has 34 heavy (non-hydrogen) atoms. The highest BCUT2D eigenvalue weighted by molar-refractivity contribution is 7.90. The highest BCUT2D eigenvalue weighted by Crippen LogP contribution is 2.17. The number of rotatable bonds is 10. The predicted octanol–water partition coefficient (Wildman–Crippen LogP) is 2.56. The lowest BCUT2D eigenvalue weighted by Gasteiger charge is -2.35. The second kappa shape index (κ2) is 11.9. The molecule has 184 valence electrons. The molecule has 1 saturated heterocycles. The van der Waals surface area contributed by atoms with Gasteiger partial charge >= 0.3 is 0 Å². The molecular formula is C25H32N2O6S. The third kappa shape index (κ3) is 7.48. The molecule has 0 saturated carbocycles. The molecule has 2 amide bonds. The molecule has 1 fully saturated rings. The lowest BCUT2D eigenvalue weighted by atomic mass is 10.1. The van der Waals surface area contributed by atoms with Gasteiger partial charge in [0.25, 0.3) is 0 Å². The average molecular weight is 489 g/mol. The van der Waals surface area contributed by atoms with Gasteiger partial charge in [-0.05, 0) is 54.8 Å². The van der Waals surface area contributed by atoms with Crippen LogP contribution in [0.3, 0.4) is 0 Å². The van der Waals surface area contributed by atoms with Gasteiger partial charge in [0.2, 0.25) is 11.8 Å². The molecule has 8 nitrogen and oxygen atoms in total. The number of benzene rings is 2. The number of piperazine rings is 1. The Balaban J connectivity index is 1.32. The molecule has 0 spiro atoms. The van der Waals surface area contributed by atoms with Gasteiger partial charge in [-0.2, -0.15) is 0 Å². The minimum atomic E-state index is -3.23. The third-order valence-corrected chi connectivity index (χ3v) is 6.96. The van der Waals surface area contributed by atoms with Crippen LogP contribution in [-0.4, -0.2) is 76.2 Å². The first-order valence-electron chi connectivity index (χ1n) is 11.4. The number of carbonyl (C=O) groups excluding carboxylic acids is 2. The van der Waals surface area contributed by atoms with Crippen LogP contribution in [0.15, 0.2) is 53.4 Å². The standard InChI is InChI=1S/C25H32N2O6S/c1-32-21-8-5-20(6-9-21)7-14-25(29)27-17-15-26(16-18-27)24(28)4-3-19-33-22-10-12-23(13-11-22)34(2,30)31/h5-6,8-13H,3-4,7,14-19H2,1-2H3. The highest BCUT2D eigenvalue weighted by atomic mass is 32.2. The number of carbonyl (C=O) groups is 2. The minimum Gasteiger partial charge on any atom is -0.497 e. The van der Waals surface area contributed by atoms with Gasteiger partial charge in [-0.15, -0.1) is 0 Å². The van der Waals surface area contributed by atoms with E-state index in [-0.39, 0.29) is 16.7 Å². The summed E-state index contributed by atoms with van der Waals surface area (Å²) in [6.07, 6.45) is 3.22. The minimum absolute atomic E-state index is 0.0568. The van der Waals surface area contributed by atoms with Crippen LogP contribution < -0.4 is 9.47 Å². The maximum Gasteiger partial charge on any atom is 0.223 e. The lowest BCUT2D eigenvalue weighted by molar-refractivity contribution is -0.139. The highest BCUT2D eigenvalue weighted by Gasteiger charge is 2.23. The number of hydrogen-bond acceptors (Lipinski definition) is 6. The first-order chi connectivity index (χ1) is 16.3. The van der Waals surface area contributed by atoms with Crippen molar-refractivity contribution in [2.24, 2.45) is 0 Å². The second-order valence-electron chi connectivity index (χ2n) is 8.31. The van der Waals surface area contributed by atoms with E-state index in [4.69, 9.17) is 9.47 Å². The number of ether oxygens (including phenoxy) is 2. The first-order valence-corrected chi connectivity index (χ1v) is 13.3. The van der Waals surface area contributed by atoms with Crippen molar-refractivity contribution in [2.75, 3.05) is 46.2 Å². The maximum absolute atomic E-state index is 12.5. The van der Waals surface area contributed by atoms with Gasteiger partial charge in [0.15, 0.2) is 9.84 Å². The van der Waals surface area contributed by atoms with Crippen LogP contribution in [-0.2, 0) is 25.8 Å². The molecule has 3 rings (SSSR count). The Hall–Kier alpha value is -3.07. The summed E-state index contributed by atoms with van der Waals surface area (Å²) in [6, 6.07) is 14.0. The van der Waals surface area contributed by atoms with Crippen molar-refractivity contribution in [3.8, 4) is 11.5 Å². The Morgan fingerprint density at radius 1 is 0.824 bits per heavy atom. The van der Waals surface area contributed by atoms with Crippen LogP contribution in [0.25, 0.3) is 0 Å². The van der Waals surface area contributed by atoms with Crippen LogP contribution in [0.1, 0.15) is 24.8 Å². The van der Waals surface area contributed by atoms with E-state index in [1.54, 1.807) is 24.1 Å². The zero-order valence-electron chi connectivity index (χ0n) is 19.7. The summed E-state index contributed by atoms with van der Waals surface area (Å²) in [6.45, 7) is 2.56. The predicted molar refractivity (Wildman–Crippen MR) is 129 cm³/mol. The summed E-state index contributed by atoms with van der Waals surface area (Å²) in [5.74, 6) is 1.53. The van der Waals surface area contributed by atoms with E-state index in [1.165, 1.54) is 12.1 Å². The summed E-state index contributed by atoms with van der Waals surface area (Å²) in [5, 5.41) is 0. The summed E-state index contributed by atoms with van der Waals surface area (Å²) >= 11 is 0. The Labute approximate surface area is 201 Å². The molecule has 0 N–H and O–H groups in total. The summed E-state index contributed by atoms with van der Waals surface area (Å²) in [4.78, 5) is 28.9. The van der Waals surface area contributed by atoms with E-state index >= 15 is 0 Å². The molecular weight excluding hydrogens is 456 g/mol. The normalized spacial score (nSPS) is 14.1. The molecule has 9 heteroatoms. The molecule has 0 aromatic heterocycles. The maximum atomic E-state index is 12.5. The molecule has 0 unspecified atom stereocenters. The van der Waals surface area contributed by atoms with Crippen molar-refractivity contribution < 1.29 is 27.5 Å². The molecule has 0 bridgehead atoms. The van der Waals surface area contributed by atoms with E-state index < -0.39 is 9.84 Å². The van der Waals surface area contributed by atoms with E-state index in [9.17, 15) is 18.0 Å². The smallest absolute Gasteiger partial charge is 0.223 e. The number of amides is 2. The molecule has 1 aliphatic rings. The zero-order valence-corrected chi connectivity index (χ0v) is 20.6. The van der Waals surface area contributed by atoms with Gasteiger partial charge in [-0.3, -0.25) is 9.59 Å². The van der Waals surface area contributed by atoms with E-state index in [0.717, 1.165) is 17.6 Å². The summed E-state index contributed by atoms with van der Waals surface area (Å²) in [5.41, 5.74) is 1.09. The van der Waals surface area contributed by atoms with Gasteiger partial charge in [-0.25, -0.2) is 8.42 Å². The molecule has 0 atom stereocenters. The van der Waals surface area contributed by atoms with Crippen LogP contribution in [0.4, 0.5) is 0 Å².